The Bertz CT molecular complexity index is 597. The molecule has 0 saturated heterocycles. The number of hydrogen-bond donors (Lipinski definition) is 0. The second-order valence-corrected chi connectivity index (χ2v) is 5.11. The fourth-order valence-corrected chi connectivity index (χ4v) is 2.19. The van der Waals surface area contributed by atoms with E-state index in [4.69, 9.17) is 4.74 Å². The van der Waals surface area contributed by atoms with Gasteiger partial charge in [0.1, 0.15) is 5.75 Å². The summed E-state index contributed by atoms with van der Waals surface area (Å²) in [4.78, 5) is 12.3. The predicted octanol–water partition coefficient (Wildman–Crippen LogP) is 4.13. The molecule has 2 aromatic rings. The molecule has 0 amide bonds. The van der Waals surface area contributed by atoms with Crippen molar-refractivity contribution in [3.8, 4) is 5.75 Å². The van der Waals surface area contributed by atoms with Gasteiger partial charge < -0.3 is 4.74 Å². The van der Waals surface area contributed by atoms with Crippen molar-refractivity contribution in [1.29, 1.82) is 0 Å². The average Bonchev–Trinajstić information content (AvgIpc) is 2.46. The lowest BCUT2D eigenvalue weighted by molar-refractivity contribution is 0.0980. The molecule has 0 unspecified atom stereocenters. The van der Waals surface area contributed by atoms with Crippen molar-refractivity contribution >= 4 is 5.78 Å². The minimum Gasteiger partial charge on any atom is -0.496 e. The van der Waals surface area contributed by atoms with Gasteiger partial charge in [0, 0.05) is 6.42 Å². The first-order valence-electron chi connectivity index (χ1n) is 6.83. The molecule has 2 nitrogen and oxygen atoms in total. The van der Waals surface area contributed by atoms with Gasteiger partial charge in [0.15, 0.2) is 5.78 Å². The SMILES string of the molecule is COc1ccc(C)cc1C(=O)CCc1ccc(C)cc1. The van der Waals surface area contributed by atoms with Gasteiger partial charge in [0.2, 0.25) is 0 Å². The van der Waals surface area contributed by atoms with Crippen LogP contribution in [0, 0.1) is 13.8 Å². The second kappa shape index (κ2) is 6.38. The van der Waals surface area contributed by atoms with Crippen molar-refractivity contribution in [2.45, 2.75) is 26.7 Å². The summed E-state index contributed by atoms with van der Waals surface area (Å²) in [6, 6.07) is 14.0. The number of aryl methyl sites for hydroxylation is 3. The summed E-state index contributed by atoms with van der Waals surface area (Å²) in [5, 5.41) is 0. The topological polar surface area (TPSA) is 26.3 Å². The maximum absolute atomic E-state index is 12.3. The zero-order valence-electron chi connectivity index (χ0n) is 12.3. The molecule has 0 bridgehead atoms. The number of carbonyl (C=O) groups excluding carboxylic acids is 1. The van der Waals surface area contributed by atoms with E-state index in [1.165, 1.54) is 11.1 Å². The van der Waals surface area contributed by atoms with Crippen molar-refractivity contribution in [1.82, 2.24) is 0 Å². The molecule has 0 fully saturated rings. The van der Waals surface area contributed by atoms with E-state index in [9.17, 15) is 4.79 Å². The maximum atomic E-state index is 12.3. The molecule has 0 N–H and O–H groups in total. The lowest BCUT2D eigenvalue weighted by atomic mass is 10.00. The Balaban J connectivity index is 2.08. The molecule has 20 heavy (non-hydrogen) atoms. The van der Waals surface area contributed by atoms with Crippen molar-refractivity contribution in [2.24, 2.45) is 0 Å². The van der Waals surface area contributed by atoms with Gasteiger partial charge in [0.05, 0.1) is 12.7 Å². The van der Waals surface area contributed by atoms with Gasteiger partial charge >= 0.3 is 0 Å². The van der Waals surface area contributed by atoms with E-state index in [1.54, 1.807) is 7.11 Å². The van der Waals surface area contributed by atoms with Gasteiger partial charge in [0.25, 0.3) is 0 Å². The Morgan fingerprint density at radius 2 is 1.65 bits per heavy atom. The van der Waals surface area contributed by atoms with E-state index in [0.717, 1.165) is 12.0 Å². The van der Waals surface area contributed by atoms with Gasteiger partial charge in [-0.15, -0.1) is 0 Å². The highest BCUT2D eigenvalue weighted by Gasteiger charge is 2.12. The summed E-state index contributed by atoms with van der Waals surface area (Å²) in [6.45, 7) is 4.04. The third-order valence-electron chi connectivity index (χ3n) is 3.42. The molecule has 2 aromatic carbocycles. The highest BCUT2D eigenvalue weighted by atomic mass is 16.5. The highest BCUT2D eigenvalue weighted by molar-refractivity contribution is 5.99. The standard InChI is InChI=1S/C18H20O2/c1-13-4-7-15(8-5-13)9-10-17(19)16-12-14(2)6-11-18(16)20-3/h4-8,11-12H,9-10H2,1-3H3. The fourth-order valence-electron chi connectivity index (χ4n) is 2.19. The van der Waals surface area contributed by atoms with Crippen molar-refractivity contribution in [3.63, 3.8) is 0 Å². The zero-order chi connectivity index (χ0) is 14.5. The summed E-state index contributed by atoms with van der Waals surface area (Å²) in [7, 11) is 1.60. The lowest BCUT2D eigenvalue weighted by Crippen LogP contribution is -2.04. The molecule has 0 atom stereocenters. The first-order valence-corrected chi connectivity index (χ1v) is 6.83. The van der Waals surface area contributed by atoms with E-state index in [-0.39, 0.29) is 5.78 Å². The van der Waals surface area contributed by atoms with Gasteiger partial charge in [-0.05, 0) is 38.0 Å². The van der Waals surface area contributed by atoms with Crippen LogP contribution in [0.15, 0.2) is 42.5 Å². The summed E-state index contributed by atoms with van der Waals surface area (Å²) < 4.78 is 5.27. The van der Waals surface area contributed by atoms with Crippen LogP contribution >= 0.6 is 0 Å². The highest BCUT2D eigenvalue weighted by Crippen LogP contribution is 2.22. The van der Waals surface area contributed by atoms with Crippen LogP contribution in [0.4, 0.5) is 0 Å². The Kier molecular flexibility index (Phi) is 4.57. The first kappa shape index (κ1) is 14.3. The van der Waals surface area contributed by atoms with Gasteiger partial charge in [-0.2, -0.15) is 0 Å². The van der Waals surface area contributed by atoms with Crippen molar-refractivity contribution in [3.05, 3.63) is 64.7 Å². The summed E-state index contributed by atoms with van der Waals surface area (Å²) in [5.41, 5.74) is 4.18. The number of ether oxygens (including phenoxy) is 1. The largest absolute Gasteiger partial charge is 0.496 e. The summed E-state index contributed by atoms with van der Waals surface area (Å²) >= 11 is 0. The van der Waals surface area contributed by atoms with E-state index in [2.05, 4.69) is 31.2 Å². The van der Waals surface area contributed by atoms with E-state index < -0.39 is 0 Å². The molecule has 2 rings (SSSR count). The number of benzene rings is 2. The molecule has 2 heteroatoms. The van der Waals surface area contributed by atoms with Crippen molar-refractivity contribution in [2.75, 3.05) is 7.11 Å². The van der Waals surface area contributed by atoms with Crippen LogP contribution in [0.2, 0.25) is 0 Å². The Hall–Kier alpha value is -2.09. The number of methoxy groups -OCH3 is 1. The van der Waals surface area contributed by atoms with Crippen LogP contribution in [-0.2, 0) is 6.42 Å². The molecule has 0 aliphatic rings. The zero-order valence-corrected chi connectivity index (χ0v) is 12.3. The number of ketones is 1. The van der Waals surface area contributed by atoms with Crippen LogP contribution < -0.4 is 4.74 Å². The van der Waals surface area contributed by atoms with E-state index in [1.807, 2.05) is 25.1 Å². The minimum atomic E-state index is 0.131. The third kappa shape index (κ3) is 3.47. The molecular weight excluding hydrogens is 248 g/mol. The quantitative estimate of drug-likeness (QED) is 0.762. The minimum absolute atomic E-state index is 0.131. The molecule has 0 heterocycles. The molecule has 0 saturated carbocycles. The number of Topliss-reactive ketones (excluding diaryl/α,β-unsaturated/α-hetero) is 1. The number of rotatable bonds is 5. The maximum Gasteiger partial charge on any atom is 0.166 e. The number of carbonyl (C=O) groups is 1. The van der Waals surface area contributed by atoms with Crippen LogP contribution in [0.25, 0.3) is 0 Å². The summed E-state index contributed by atoms with van der Waals surface area (Å²) in [6.07, 6.45) is 1.26. The molecule has 0 aliphatic heterocycles. The Morgan fingerprint density at radius 1 is 1.00 bits per heavy atom. The Morgan fingerprint density at radius 3 is 2.30 bits per heavy atom. The van der Waals surface area contributed by atoms with Gasteiger partial charge in [-0.3, -0.25) is 4.79 Å². The molecule has 0 aliphatic carbocycles. The molecule has 0 aromatic heterocycles. The lowest BCUT2D eigenvalue weighted by Gasteiger charge is -2.08. The monoisotopic (exact) mass is 268 g/mol. The molecule has 0 radical (unpaired) electrons. The van der Waals surface area contributed by atoms with E-state index in [0.29, 0.717) is 17.7 Å². The summed E-state index contributed by atoms with van der Waals surface area (Å²) in [5.74, 6) is 0.788. The normalized spacial score (nSPS) is 10.3. The van der Waals surface area contributed by atoms with Crippen LogP contribution in [0.1, 0.15) is 33.5 Å². The van der Waals surface area contributed by atoms with Gasteiger partial charge in [-0.25, -0.2) is 0 Å². The molecule has 0 spiro atoms. The third-order valence-corrected chi connectivity index (χ3v) is 3.42. The molecule has 104 valence electrons. The van der Waals surface area contributed by atoms with Crippen LogP contribution in [-0.4, -0.2) is 12.9 Å². The van der Waals surface area contributed by atoms with Crippen LogP contribution in [0.5, 0.6) is 5.75 Å². The average molecular weight is 268 g/mol. The van der Waals surface area contributed by atoms with Gasteiger partial charge in [-0.1, -0.05) is 41.5 Å². The Labute approximate surface area is 120 Å². The first-order chi connectivity index (χ1) is 9.60. The number of hydrogen-bond acceptors (Lipinski definition) is 2. The van der Waals surface area contributed by atoms with Crippen LogP contribution in [0.3, 0.4) is 0 Å². The van der Waals surface area contributed by atoms with E-state index >= 15 is 0 Å². The predicted molar refractivity (Wildman–Crippen MR) is 81.6 cm³/mol. The van der Waals surface area contributed by atoms with Crippen molar-refractivity contribution < 1.29 is 9.53 Å². The smallest absolute Gasteiger partial charge is 0.166 e. The molecular formula is C18H20O2. The fraction of sp³-hybridized carbons (Fsp3) is 0.278. The second-order valence-electron chi connectivity index (χ2n) is 5.11.